The molecule has 0 aliphatic carbocycles. The minimum atomic E-state index is -0.582. The average Bonchev–Trinajstić information content (AvgIpc) is 2.93. The molecular formula is C32H36O7. The van der Waals surface area contributed by atoms with Gasteiger partial charge in [0.1, 0.15) is 17.2 Å². The topological polar surface area (TPSA) is 88.1 Å². The molecule has 3 aromatic rings. The Morgan fingerprint density at radius 3 is 1.44 bits per heavy atom. The molecule has 0 bridgehead atoms. The van der Waals surface area contributed by atoms with Crippen LogP contribution in [0.1, 0.15) is 90.4 Å². The largest absolute Gasteiger partial charge is 0.494 e. The number of esters is 3. The Kier molecular flexibility index (Phi) is 11.6. The Bertz CT molecular complexity index is 1200. The summed E-state index contributed by atoms with van der Waals surface area (Å²) in [5, 5.41) is 0. The van der Waals surface area contributed by atoms with E-state index in [-0.39, 0.29) is 17.4 Å². The molecule has 0 atom stereocenters. The SMILES string of the molecule is CCCCCCCCOc1ccc(C(=O)Oc2ccc(C(=O)Oc3ccc(C(=O)OC(C)C)cc3)cc2)cc1. The molecule has 3 aromatic carbocycles. The fraction of sp³-hybridized carbons (Fsp3) is 0.344. The van der Waals surface area contributed by atoms with Crippen LogP contribution in [0.2, 0.25) is 0 Å². The number of ether oxygens (including phenoxy) is 4. The summed E-state index contributed by atoms with van der Waals surface area (Å²) >= 11 is 0. The fourth-order valence-corrected chi connectivity index (χ4v) is 3.69. The second-order valence-corrected chi connectivity index (χ2v) is 9.42. The van der Waals surface area contributed by atoms with Crippen LogP contribution in [0, 0.1) is 0 Å². The third kappa shape index (κ3) is 9.93. The minimum absolute atomic E-state index is 0.225. The minimum Gasteiger partial charge on any atom is -0.494 e. The van der Waals surface area contributed by atoms with Crippen molar-refractivity contribution >= 4 is 17.9 Å². The molecule has 0 amide bonds. The third-order valence-electron chi connectivity index (χ3n) is 5.80. The molecule has 206 valence electrons. The summed E-state index contributed by atoms with van der Waals surface area (Å²) in [4.78, 5) is 36.9. The van der Waals surface area contributed by atoms with Crippen LogP contribution in [0.3, 0.4) is 0 Å². The first-order valence-electron chi connectivity index (χ1n) is 13.4. The lowest BCUT2D eigenvalue weighted by Crippen LogP contribution is -2.12. The van der Waals surface area contributed by atoms with Gasteiger partial charge in [-0.15, -0.1) is 0 Å². The Balaban J connectivity index is 1.45. The molecule has 0 N–H and O–H groups in total. The molecule has 0 unspecified atom stereocenters. The lowest BCUT2D eigenvalue weighted by molar-refractivity contribution is 0.0377. The van der Waals surface area contributed by atoms with Gasteiger partial charge in [0.05, 0.1) is 29.4 Å². The lowest BCUT2D eigenvalue weighted by Gasteiger charge is -2.09. The molecule has 0 radical (unpaired) electrons. The van der Waals surface area contributed by atoms with Gasteiger partial charge in [-0.25, -0.2) is 14.4 Å². The first kappa shape index (κ1) is 29.4. The van der Waals surface area contributed by atoms with E-state index in [2.05, 4.69) is 6.92 Å². The van der Waals surface area contributed by atoms with Crippen molar-refractivity contribution in [3.05, 3.63) is 89.5 Å². The van der Waals surface area contributed by atoms with E-state index in [1.54, 1.807) is 38.1 Å². The van der Waals surface area contributed by atoms with Crippen molar-refractivity contribution in [2.45, 2.75) is 65.4 Å². The Morgan fingerprint density at radius 1 is 0.564 bits per heavy atom. The van der Waals surface area contributed by atoms with Gasteiger partial charge >= 0.3 is 17.9 Å². The molecule has 0 saturated carbocycles. The monoisotopic (exact) mass is 532 g/mol. The van der Waals surface area contributed by atoms with Gasteiger partial charge in [0.15, 0.2) is 0 Å². The molecule has 0 aliphatic rings. The number of carbonyl (C=O) groups excluding carboxylic acids is 3. The van der Waals surface area contributed by atoms with Crippen molar-refractivity contribution in [1.29, 1.82) is 0 Å². The maximum absolute atomic E-state index is 12.5. The van der Waals surface area contributed by atoms with E-state index in [9.17, 15) is 14.4 Å². The quantitative estimate of drug-likeness (QED) is 0.121. The molecule has 0 saturated heterocycles. The van der Waals surface area contributed by atoms with Gasteiger partial charge in [-0.1, -0.05) is 39.0 Å². The number of rotatable bonds is 14. The van der Waals surface area contributed by atoms with Gasteiger partial charge < -0.3 is 18.9 Å². The standard InChI is InChI=1S/C32H36O7/c1-4-5-6-7-8-9-22-36-27-16-10-25(11-17-27)31(34)38-29-20-14-26(15-21-29)32(35)39-28-18-12-24(13-19-28)30(33)37-23(2)3/h10-21,23H,4-9,22H2,1-3H3. The highest BCUT2D eigenvalue weighted by atomic mass is 16.5. The van der Waals surface area contributed by atoms with Crippen molar-refractivity contribution in [3.8, 4) is 17.2 Å². The van der Waals surface area contributed by atoms with E-state index in [4.69, 9.17) is 18.9 Å². The van der Waals surface area contributed by atoms with Gasteiger partial charge in [0, 0.05) is 0 Å². The molecule has 0 fully saturated rings. The Hall–Kier alpha value is -4.13. The zero-order chi connectivity index (χ0) is 28.0. The normalized spacial score (nSPS) is 10.7. The first-order valence-corrected chi connectivity index (χ1v) is 13.4. The van der Waals surface area contributed by atoms with Crippen LogP contribution in [-0.2, 0) is 4.74 Å². The number of hydrogen-bond acceptors (Lipinski definition) is 7. The van der Waals surface area contributed by atoms with E-state index in [0.29, 0.717) is 29.2 Å². The van der Waals surface area contributed by atoms with Crippen LogP contribution in [0.15, 0.2) is 72.8 Å². The van der Waals surface area contributed by atoms with Gasteiger partial charge in [-0.3, -0.25) is 0 Å². The molecule has 0 heterocycles. The summed E-state index contributed by atoms with van der Waals surface area (Å²) in [6, 6.07) is 19.0. The van der Waals surface area contributed by atoms with E-state index in [1.165, 1.54) is 74.2 Å². The summed E-state index contributed by atoms with van der Waals surface area (Å²) in [6.07, 6.45) is 6.97. The predicted octanol–water partition coefficient (Wildman–Crippen LogP) is 7.43. The molecular weight excluding hydrogens is 496 g/mol. The molecule has 0 aliphatic heterocycles. The predicted molar refractivity (Wildman–Crippen MR) is 149 cm³/mol. The van der Waals surface area contributed by atoms with Crippen LogP contribution < -0.4 is 14.2 Å². The van der Waals surface area contributed by atoms with Crippen LogP contribution in [-0.4, -0.2) is 30.6 Å². The molecule has 0 spiro atoms. The van der Waals surface area contributed by atoms with Gasteiger partial charge in [-0.2, -0.15) is 0 Å². The number of unbranched alkanes of at least 4 members (excludes halogenated alkanes) is 5. The molecule has 7 nitrogen and oxygen atoms in total. The highest BCUT2D eigenvalue weighted by molar-refractivity contribution is 5.93. The van der Waals surface area contributed by atoms with Crippen molar-refractivity contribution in [3.63, 3.8) is 0 Å². The van der Waals surface area contributed by atoms with Crippen LogP contribution in [0.5, 0.6) is 17.2 Å². The molecule has 39 heavy (non-hydrogen) atoms. The van der Waals surface area contributed by atoms with Gasteiger partial charge in [0.25, 0.3) is 0 Å². The summed E-state index contributed by atoms with van der Waals surface area (Å²) < 4.78 is 21.7. The maximum Gasteiger partial charge on any atom is 0.343 e. The van der Waals surface area contributed by atoms with Gasteiger partial charge in [-0.05, 0) is 93.1 Å². The third-order valence-corrected chi connectivity index (χ3v) is 5.80. The fourth-order valence-electron chi connectivity index (χ4n) is 3.69. The van der Waals surface area contributed by atoms with Gasteiger partial charge in [0.2, 0.25) is 0 Å². The van der Waals surface area contributed by atoms with E-state index in [0.717, 1.165) is 12.8 Å². The van der Waals surface area contributed by atoms with Crippen molar-refractivity contribution in [2.75, 3.05) is 6.61 Å². The Labute approximate surface area is 230 Å². The highest BCUT2D eigenvalue weighted by Gasteiger charge is 2.13. The highest BCUT2D eigenvalue weighted by Crippen LogP contribution is 2.19. The summed E-state index contributed by atoms with van der Waals surface area (Å²) in [6.45, 7) is 6.40. The van der Waals surface area contributed by atoms with E-state index in [1.807, 2.05) is 0 Å². The summed E-state index contributed by atoms with van der Waals surface area (Å²) in [7, 11) is 0. The van der Waals surface area contributed by atoms with Crippen molar-refractivity contribution < 1.29 is 33.3 Å². The van der Waals surface area contributed by atoms with E-state index >= 15 is 0 Å². The van der Waals surface area contributed by atoms with Crippen molar-refractivity contribution in [2.24, 2.45) is 0 Å². The first-order chi connectivity index (χ1) is 18.9. The van der Waals surface area contributed by atoms with Crippen LogP contribution >= 0.6 is 0 Å². The smallest absolute Gasteiger partial charge is 0.343 e. The second-order valence-electron chi connectivity index (χ2n) is 9.42. The second kappa shape index (κ2) is 15.3. The number of benzene rings is 3. The van der Waals surface area contributed by atoms with Crippen LogP contribution in [0.4, 0.5) is 0 Å². The molecule has 7 heteroatoms. The Morgan fingerprint density at radius 2 is 0.974 bits per heavy atom. The maximum atomic E-state index is 12.5. The molecule has 3 rings (SSSR count). The van der Waals surface area contributed by atoms with Crippen molar-refractivity contribution in [1.82, 2.24) is 0 Å². The average molecular weight is 533 g/mol. The summed E-state index contributed by atoms with van der Waals surface area (Å²) in [5.41, 5.74) is 1.04. The molecule has 0 aromatic heterocycles. The lowest BCUT2D eigenvalue weighted by atomic mass is 10.1. The summed E-state index contributed by atoms with van der Waals surface area (Å²) in [5.74, 6) is -0.233. The zero-order valence-corrected chi connectivity index (χ0v) is 22.8. The zero-order valence-electron chi connectivity index (χ0n) is 22.8. The number of hydrogen-bond donors (Lipinski definition) is 0. The van der Waals surface area contributed by atoms with E-state index < -0.39 is 17.9 Å². The van der Waals surface area contributed by atoms with Crippen LogP contribution in [0.25, 0.3) is 0 Å². The number of carbonyl (C=O) groups is 3.